The molecule has 3 nitrogen and oxygen atoms in total. The Balaban J connectivity index is 1.78. The van der Waals surface area contributed by atoms with Crippen LogP contribution in [-0.2, 0) is 0 Å². The number of halogens is 1. The van der Waals surface area contributed by atoms with Gasteiger partial charge in [0.2, 0.25) is 0 Å². The lowest BCUT2D eigenvalue weighted by molar-refractivity contribution is 0.245. The number of para-hydroxylation sites is 1. The predicted molar refractivity (Wildman–Crippen MR) is 81.1 cm³/mol. The van der Waals surface area contributed by atoms with Gasteiger partial charge in [-0.2, -0.15) is 0 Å². The summed E-state index contributed by atoms with van der Waals surface area (Å²) in [6.45, 7) is 2.87. The molecule has 2 N–H and O–H groups in total. The first kappa shape index (κ1) is 15.3. The molecule has 0 aliphatic heterocycles. The Labute approximate surface area is 124 Å². The summed E-state index contributed by atoms with van der Waals surface area (Å²) in [7, 11) is 0. The first-order valence-electron chi connectivity index (χ1n) is 7.02. The molecule has 21 heavy (non-hydrogen) atoms. The number of rotatable bonds is 7. The lowest BCUT2D eigenvalue weighted by atomic mass is 10.1. The molecule has 0 heterocycles. The van der Waals surface area contributed by atoms with Crippen LogP contribution in [-0.4, -0.2) is 13.2 Å². The van der Waals surface area contributed by atoms with Gasteiger partial charge in [0.25, 0.3) is 0 Å². The molecule has 0 amide bonds. The van der Waals surface area contributed by atoms with Crippen LogP contribution in [0.15, 0.2) is 48.5 Å². The third-order valence-corrected chi connectivity index (χ3v) is 3.02. The minimum atomic E-state index is -0.304. The van der Waals surface area contributed by atoms with Crippen molar-refractivity contribution in [1.29, 1.82) is 0 Å². The van der Waals surface area contributed by atoms with Gasteiger partial charge in [-0.05, 0) is 37.3 Å². The summed E-state index contributed by atoms with van der Waals surface area (Å²) < 4.78 is 24.4. The molecule has 0 unspecified atom stereocenters. The van der Waals surface area contributed by atoms with Gasteiger partial charge >= 0.3 is 0 Å². The van der Waals surface area contributed by atoms with E-state index in [1.54, 1.807) is 13.0 Å². The number of hydrogen-bond acceptors (Lipinski definition) is 3. The van der Waals surface area contributed by atoms with E-state index >= 15 is 0 Å². The molecule has 0 bridgehead atoms. The maximum absolute atomic E-state index is 13.2. The van der Waals surface area contributed by atoms with Crippen molar-refractivity contribution in [2.24, 2.45) is 5.73 Å². The van der Waals surface area contributed by atoms with Crippen molar-refractivity contribution in [3.63, 3.8) is 0 Å². The molecule has 0 aliphatic rings. The molecule has 2 rings (SSSR count). The Kier molecular flexibility index (Phi) is 5.58. The normalized spacial score (nSPS) is 12.0. The van der Waals surface area contributed by atoms with Gasteiger partial charge in [-0.25, -0.2) is 4.39 Å². The van der Waals surface area contributed by atoms with Gasteiger partial charge in [-0.1, -0.05) is 18.2 Å². The van der Waals surface area contributed by atoms with E-state index in [0.717, 1.165) is 12.2 Å². The topological polar surface area (TPSA) is 44.5 Å². The zero-order chi connectivity index (χ0) is 15.1. The van der Waals surface area contributed by atoms with Crippen molar-refractivity contribution in [3.8, 4) is 11.5 Å². The van der Waals surface area contributed by atoms with Crippen molar-refractivity contribution in [3.05, 3.63) is 59.9 Å². The van der Waals surface area contributed by atoms with Crippen molar-refractivity contribution >= 4 is 0 Å². The molecule has 0 spiro atoms. The van der Waals surface area contributed by atoms with E-state index in [2.05, 4.69) is 0 Å². The standard InChI is InChI=1S/C17H20FNO2/c1-13(19)16-12-14(18)8-9-17(16)21-11-5-10-20-15-6-3-2-4-7-15/h2-4,6-9,12-13H,5,10-11,19H2,1H3/t13-/m0/s1. The predicted octanol–water partition coefficient (Wildman–Crippen LogP) is 3.69. The lowest BCUT2D eigenvalue weighted by Crippen LogP contribution is -2.10. The molecule has 0 aliphatic carbocycles. The Morgan fingerprint density at radius 3 is 2.48 bits per heavy atom. The molecule has 1 atom stereocenters. The van der Waals surface area contributed by atoms with Gasteiger partial charge in [0.15, 0.2) is 0 Å². The summed E-state index contributed by atoms with van der Waals surface area (Å²) in [6.07, 6.45) is 0.741. The van der Waals surface area contributed by atoms with E-state index < -0.39 is 0 Å². The molecular weight excluding hydrogens is 269 g/mol. The highest BCUT2D eigenvalue weighted by Crippen LogP contribution is 2.24. The number of nitrogens with two attached hydrogens (primary N) is 1. The summed E-state index contributed by atoms with van der Waals surface area (Å²) >= 11 is 0. The molecule has 0 aromatic heterocycles. The van der Waals surface area contributed by atoms with Crippen molar-refractivity contribution in [1.82, 2.24) is 0 Å². The molecule has 0 radical (unpaired) electrons. The van der Waals surface area contributed by atoms with Crippen molar-refractivity contribution < 1.29 is 13.9 Å². The van der Waals surface area contributed by atoms with Gasteiger partial charge in [0.1, 0.15) is 17.3 Å². The van der Waals surface area contributed by atoms with Crippen LogP contribution in [0.3, 0.4) is 0 Å². The van der Waals surface area contributed by atoms with Crippen LogP contribution in [0.1, 0.15) is 24.9 Å². The second-order valence-corrected chi connectivity index (χ2v) is 4.83. The summed E-state index contributed by atoms with van der Waals surface area (Å²) in [5.74, 6) is 1.17. The highest BCUT2D eigenvalue weighted by Gasteiger charge is 2.09. The molecule has 0 saturated heterocycles. The average Bonchev–Trinajstić information content (AvgIpc) is 2.49. The zero-order valence-corrected chi connectivity index (χ0v) is 12.1. The number of hydrogen-bond donors (Lipinski definition) is 1. The van der Waals surface area contributed by atoms with Crippen LogP contribution in [0.4, 0.5) is 4.39 Å². The van der Waals surface area contributed by atoms with E-state index in [1.807, 2.05) is 30.3 Å². The van der Waals surface area contributed by atoms with Crippen molar-refractivity contribution in [2.75, 3.05) is 13.2 Å². The summed E-state index contributed by atoms with van der Waals surface area (Å²) in [5, 5.41) is 0. The summed E-state index contributed by atoms with van der Waals surface area (Å²) in [6, 6.07) is 13.8. The van der Waals surface area contributed by atoms with Crippen LogP contribution < -0.4 is 15.2 Å². The van der Waals surface area contributed by atoms with Crippen LogP contribution in [0.2, 0.25) is 0 Å². The van der Waals surface area contributed by atoms with E-state index in [0.29, 0.717) is 24.5 Å². The molecule has 4 heteroatoms. The second-order valence-electron chi connectivity index (χ2n) is 4.83. The fourth-order valence-electron chi connectivity index (χ4n) is 1.95. The van der Waals surface area contributed by atoms with E-state index in [9.17, 15) is 4.39 Å². The summed E-state index contributed by atoms with van der Waals surface area (Å²) in [5.41, 5.74) is 6.50. The number of benzene rings is 2. The van der Waals surface area contributed by atoms with Gasteiger partial charge in [-0.15, -0.1) is 0 Å². The minimum Gasteiger partial charge on any atom is -0.493 e. The molecule has 2 aromatic carbocycles. The average molecular weight is 289 g/mol. The minimum absolute atomic E-state index is 0.267. The van der Waals surface area contributed by atoms with Gasteiger partial charge in [0, 0.05) is 18.0 Å². The molecule has 2 aromatic rings. The van der Waals surface area contributed by atoms with Gasteiger partial charge in [-0.3, -0.25) is 0 Å². The van der Waals surface area contributed by atoms with Gasteiger partial charge < -0.3 is 15.2 Å². The number of ether oxygens (including phenoxy) is 2. The first-order valence-corrected chi connectivity index (χ1v) is 7.02. The van der Waals surface area contributed by atoms with E-state index in [4.69, 9.17) is 15.2 Å². The Bertz CT molecular complexity index is 558. The SMILES string of the molecule is C[C@H](N)c1cc(F)ccc1OCCCOc1ccccc1. The van der Waals surface area contributed by atoms with Crippen LogP contribution in [0, 0.1) is 5.82 Å². The molecule has 0 fully saturated rings. The van der Waals surface area contributed by atoms with Crippen LogP contribution in [0.5, 0.6) is 11.5 Å². The zero-order valence-electron chi connectivity index (χ0n) is 12.1. The van der Waals surface area contributed by atoms with Gasteiger partial charge in [0.05, 0.1) is 13.2 Å². The Hall–Kier alpha value is -2.07. The quantitative estimate of drug-likeness (QED) is 0.791. The highest BCUT2D eigenvalue weighted by atomic mass is 19.1. The maximum Gasteiger partial charge on any atom is 0.124 e. The second kappa shape index (κ2) is 7.64. The summed E-state index contributed by atoms with van der Waals surface area (Å²) in [4.78, 5) is 0. The highest BCUT2D eigenvalue weighted by molar-refractivity contribution is 5.36. The smallest absolute Gasteiger partial charge is 0.124 e. The third-order valence-electron chi connectivity index (χ3n) is 3.02. The van der Waals surface area contributed by atoms with E-state index in [-0.39, 0.29) is 11.9 Å². The third kappa shape index (κ3) is 4.76. The lowest BCUT2D eigenvalue weighted by Gasteiger charge is -2.14. The van der Waals surface area contributed by atoms with Crippen LogP contribution in [0.25, 0.3) is 0 Å². The van der Waals surface area contributed by atoms with Crippen LogP contribution >= 0.6 is 0 Å². The fraction of sp³-hybridized carbons (Fsp3) is 0.294. The molecular formula is C17H20FNO2. The molecule has 112 valence electrons. The van der Waals surface area contributed by atoms with Crippen molar-refractivity contribution in [2.45, 2.75) is 19.4 Å². The molecule has 0 saturated carbocycles. The Morgan fingerprint density at radius 2 is 1.76 bits per heavy atom. The largest absolute Gasteiger partial charge is 0.493 e. The first-order chi connectivity index (χ1) is 10.2. The monoisotopic (exact) mass is 289 g/mol. The maximum atomic E-state index is 13.2. The fourth-order valence-corrected chi connectivity index (χ4v) is 1.95. The van der Waals surface area contributed by atoms with E-state index in [1.165, 1.54) is 12.1 Å². The Morgan fingerprint density at radius 1 is 1.05 bits per heavy atom.